The summed E-state index contributed by atoms with van der Waals surface area (Å²) < 4.78 is 2.44. The van der Waals surface area contributed by atoms with Gasteiger partial charge in [0, 0.05) is 42.4 Å². The highest BCUT2D eigenvalue weighted by Crippen LogP contribution is 2.44. The Balaban J connectivity index is 1.14. The molecule has 2 aromatic heterocycles. The van der Waals surface area contributed by atoms with Gasteiger partial charge in [0.2, 0.25) is 0 Å². The summed E-state index contributed by atoms with van der Waals surface area (Å²) in [5.41, 5.74) is 8.36. The van der Waals surface area contributed by atoms with Crippen molar-refractivity contribution in [3.8, 4) is 45.3 Å². The summed E-state index contributed by atoms with van der Waals surface area (Å²) in [7, 11) is 0. The molecule has 0 amide bonds. The number of rotatable bonds is 7. The number of nitrogens with one attached hydrogen (secondary N) is 2. The number of amidine groups is 1. The molecule has 11 rings (SSSR count). The maximum atomic E-state index is 5.50. The van der Waals surface area contributed by atoms with Gasteiger partial charge in [0.1, 0.15) is 18.2 Å². The van der Waals surface area contributed by atoms with Crippen molar-refractivity contribution in [2.24, 2.45) is 4.99 Å². The number of aliphatic imine (C=N–C) groups is 1. The molecule has 0 saturated heterocycles. The first-order chi connectivity index (χ1) is 29.2. The first kappa shape index (κ1) is 34.9. The van der Waals surface area contributed by atoms with Gasteiger partial charge >= 0.3 is 0 Å². The van der Waals surface area contributed by atoms with Crippen molar-refractivity contribution in [2.45, 2.75) is 12.3 Å². The molecule has 3 heterocycles. The van der Waals surface area contributed by atoms with E-state index in [2.05, 4.69) is 144 Å². The lowest BCUT2D eigenvalue weighted by atomic mass is 9.90. The van der Waals surface area contributed by atoms with Gasteiger partial charge in [-0.25, -0.2) is 19.9 Å². The normalized spacial score (nSPS) is 15.3. The van der Waals surface area contributed by atoms with Crippen molar-refractivity contribution >= 4 is 48.1 Å². The van der Waals surface area contributed by atoms with Gasteiger partial charge in [-0.2, -0.15) is 0 Å². The quantitative estimate of drug-likeness (QED) is 0.169. The molecule has 10 aromatic rings. The first-order valence-electron chi connectivity index (χ1n) is 19.8. The Kier molecular flexibility index (Phi) is 8.80. The molecule has 6 nitrogen and oxygen atoms in total. The third-order valence-electron chi connectivity index (χ3n) is 11.1. The summed E-state index contributed by atoms with van der Waals surface area (Å²) in [5, 5.41) is 12.3. The van der Waals surface area contributed by atoms with Gasteiger partial charge in [-0.3, -0.25) is 5.32 Å². The lowest BCUT2D eigenvalue weighted by molar-refractivity contribution is 0.409. The minimum Gasteiger partial charge on any atom is -0.350 e. The Bertz CT molecular complexity index is 3110. The molecule has 0 bridgehead atoms. The zero-order chi connectivity index (χ0) is 39.1. The maximum Gasteiger partial charge on any atom is 0.164 e. The third-order valence-corrected chi connectivity index (χ3v) is 12.3. The molecule has 2 unspecified atom stereocenters. The van der Waals surface area contributed by atoms with Crippen LogP contribution in [0.4, 0.5) is 0 Å². The molecule has 0 spiro atoms. The Morgan fingerprint density at radius 1 is 0.407 bits per heavy atom. The number of aromatic nitrogens is 3. The number of thiophene rings is 1. The molecule has 1 aliphatic heterocycles. The molecule has 0 fully saturated rings. The minimum atomic E-state index is -0.268. The molecule has 59 heavy (non-hydrogen) atoms. The molecule has 2 N–H and O–H groups in total. The fraction of sp³-hybridized carbons (Fsp3) is 0.0385. The number of benzene rings is 8. The van der Waals surface area contributed by atoms with Crippen LogP contribution in [0.5, 0.6) is 0 Å². The van der Waals surface area contributed by atoms with Crippen molar-refractivity contribution in [1.82, 2.24) is 25.6 Å². The molecule has 8 aromatic carbocycles. The van der Waals surface area contributed by atoms with Gasteiger partial charge in [0.05, 0.1) is 0 Å². The van der Waals surface area contributed by atoms with E-state index in [0.717, 1.165) is 61.1 Å². The van der Waals surface area contributed by atoms with Gasteiger partial charge in [-0.15, -0.1) is 11.3 Å². The lowest BCUT2D eigenvalue weighted by Gasteiger charge is -2.33. The molecule has 1 aliphatic rings. The summed E-state index contributed by atoms with van der Waals surface area (Å²) >= 11 is 1.82. The van der Waals surface area contributed by atoms with Gasteiger partial charge < -0.3 is 5.32 Å². The zero-order valence-corrected chi connectivity index (χ0v) is 32.6. The second kappa shape index (κ2) is 14.9. The smallest absolute Gasteiger partial charge is 0.164 e. The van der Waals surface area contributed by atoms with E-state index in [1.54, 1.807) is 0 Å². The van der Waals surface area contributed by atoms with Crippen molar-refractivity contribution in [3.63, 3.8) is 0 Å². The summed E-state index contributed by atoms with van der Waals surface area (Å²) in [6, 6.07) is 67.6. The number of nitrogens with zero attached hydrogens (tertiary/aromatic N) is 4. The van der Waals surface area contributed by atoms with Crippen molar-refractivity contribution in [3.05, 3.63) is 211 Å². The van der Waals surface area contributed by atoms with Crippen LogP contribution >= 0.6 is 11.3 Å². The SMILES string of the molecule is c1ccc(-c2nc(-c3ccccc3)nc(-c3ccc(-c4ccc5c(sc6ccccc65)c4C4=NC(c5ccccc5)NC(c5ccccc5)N4)c4ccccc34)n2)cc1. The van der Waals surface area contributed by atoms with Gasteiger partial charge in [-0.05, 0) is 45.2 Å². The minimum absolute atomic E-state index is 0.174. The zero-order valence-electron chi connectivity index (χ0n) is 31.8. The van der Waals surface area contributed by atoms with E-state index in [1.807, 2.05) is 72.0 Å². The summed E-state index contributed by atoms with van der Waals surface area (Å²) in [4.78, 5) is 20.7. The van der Waals surface area contributed by atoms with Crippen molar-refractivity contribution < 1.29 is 0 Å². The first-order valence-corrected chi connectivity index (χ1v) is 20.6. The van der Waals surface area contributed by atoms with Crippen LogP contribution in [0.25, 0.3) is 76.2 Å². The fourth-order valence-electron chi connectivity index (χ4n) is 8.21. The predicted molar refractivity (Wildman–Crippen MR) is 243 cm³/mol. The van der Waals surface area contributed by atoms with E-state index < -0.39 is 0 Å². The van der Waals surface area contributed by atoms with E-state index in [4.69, 9.17) is 19.9 Å². The average Bonchev–Trinajstić information content (AvgIpc) is 3.70. The second-order valence-corrected chi connectivity index (χ2v) is 15.7. The van der Waals surface area contributed by atoms with Crippen molar-refractivity contribution in [2.75, 3.05) is 0 Å². The molecule has 0 radical (unpaired) electrons. The van der Waals surface area contributed by atoms with Crippen LogP contribution in [0.2, 0.25) is 0 Å². The van der Waals surface area contributed by atoms with Gasteiger partial charge in [-0.1, -0.05) is 182 Å². The number of hydrogen-bond acceptors (Lipinski definition) is 7. The van der Waals surface area contributed by atoms with Crippen molar-refractivity contribution in [1.29, 1.82) is 0 Å². The number of hydrogen-bond donors (Lipinski definition) is 2. The Labute approximate surface area is 345 Å². The standard InChI is InChI=1S/C52H36N6S/c1-5-17-33(18-6-1)47-53-48(34-19-7-2-8-20-34)56-51(55-47)43-32-29-39(37-25-13-14-26-38(37)43)41-30-31-42-40-27-15-16-28-44(40)59-46(42)45(41)52-57-49(35-21-9-3-10-22-35)54-50(58-52)36-23-11-4-12-24-36/h1-32,49-50,54H,(H,57,58). The third kappa shape index (κ3) is 6.43. The Hall–Kier alpha value is -7.32. The average molecular weight is 777 g/mol. The fourth-order valence-corrected chi connectivity index (χ4v) is 9.47. The van der Waals surface area contributed by atoms with Crippen LogP contribution in [-0.4, -0.2) is 20.8 Å². The predicted octanol–water partition coefficient (Wildman–Crippen LogP) is 12.4. The van der Waals surface area contributed by atoms with Crippen LogP contribution in [0, 0.1) is 0 Å². The van der Waals surface area contributed by atoms with E-state index in [9.17, 15) is 0 Å². The number of fused-ring (bicyclic) bond motifs is 4. The monoisotopic (exact) mass is 776 g/mol. The van der Waals surface area contributed by atoms with Gasteiger partial charge in [0.15, 0.2) is 17.5 Å². The highest BCUT2D eigenvalue weighted by Gasteiger charge is 2.29. The topological polar surface area (TPSA) is 75.1 Å². The van der Waals surface area contributed by atoms with E-state index in [0.29, 0.717) is 17.5 Å². The summed E-state index contributed by atoms with van der Waals surface area (Å²) in [5.74, 6) is 2.75. The highest BCUT2D eigenvalue weighted by molar-refractivity contribution is 7.26. The molecule has 7 heteroatoms. The largest absolute Gasteiger partial charge is 0.350 e. The lowest BCUT2D eigenvalue weighted by Crippen LogP contribution is -2.45. The second-order valence-electron chi connectivity index (χ2n) is 14.7. The van der Waals surface area contributed by atoms with E-state index in [1.165, 1.54) is 20.2 Å². The van der Waals surface area contributed by atoms with Crippen LogP contribution in [0.1, 0.15) is 29.0 Å². The molecular formula is C52H36N6S. The van der Waals surface area contributed by atoms with Crippen LogP contribution in [-0.2, 0) is 0 Å². The Morgan fingerprint density at radius 2 is 0.915 bits per heavy atom. The highest BCUT2D eigenvalue weighted by atomic mass is 32.1. The van der Waals surface area contributed by atoms with E-state index in [-0.39, 0.29) is 12.3 Å². The maximum absolute atomic E-state index is 5.50. The van der Waals surface area contributed by atoms with Crippen LogP contribution in [0.15, 0.2) is 199 Å². The summed E-state index contributed by atoms with van der Waals surface area (Å²) in [6.07, 6.45) is -0.442. The van der Waals surface area contributed by atoms with Gasteiger partial charge in [0.25, 0.3) is 0 Å². The molecule has 2 atom stereocenters. The molecule has 0 aliphatic carbocycles. The summed E-state index contributed by atoms with van der Waals surface area (Å²) in [6.45, 7) is 0. The molecular weight excluding hydrogens is 741 g/mol. The molecule has 280 valence electrons. The van der Waals surface area contributed by atoms with Crippen LogP contribution in [0.3, 0.4) is 0 Å². The van der Waals surface area contributed by atoms with E-state index >= 15 is 0 Å². The Morgan fingerprint density at radius 3 is 1.58 bits per heavy atom. The van der Waals surface area contributed by atoms with Crippen LogP contribution < -0.4 is 10.6 Å². The molecule has 0 saturated carbocycles.